The number of urea groups is 1. The van der Waals surface area contributed by atoms with Crippen LogP contribution in [0.1, 0.15) is 82.3 Å². The zero-order chi connectivity index (χ0) is 44.9. The molecule has 3 heterocycles. The molecule has 2 saturated heterocycles. The lowest BCUT2D eigenvalue weighted by Gasteiger charge is -2.33. The highest BCUT2D eigenvalue weighted by molar-refractivity contribution is 5.98. The number of hydrogen-bond acceptors (Lipinski definition) is 8. The van der Waals surface area contributed by atoms with Crippen molar-refractivity contribution in [2.24, 2.45) is 11.7 Å². The lowest BCUT2D eigenvalue weighted by atomic mass is 9.84. The van der Waals surface area contributed by atoms with Crippen LogP contribution in [0, 0.1) is 5.92 Å². The quantitative estimate of drug-likeness (QED) is 0.111. The fourth-order valence-corrected chi connectivity index (χ4v) is 8.92. The van der Waals surface area contributed by atoms with Gasteiger partial charge in [0.2, 0.25) is 41.4 Å². The molecule has 0 bridgehead atoms. The number of amides is 9. The van der Waals surface area contributed by atoms with Crippen molar-refractivity contribution in [3.05, 3.63) is 71.9 Å². The number of nitrogens with two attached hydrogens (primary N) is 1. The lowest BCUT2D eigenvalue weighted by molar-refractivity contribution is -0.143. The summed E-state index contributed by atoms with van der Waals surface area (Å²) in [5.41, 5.74) is 7.59. The molecule has 6 rings (SSSR count). The first-order valence-corrected chi connectivity index (χ1v) is 22.0. The van der Waals surface area contributed by atoms with E-state index < -0.39 is 90.2 Å². The number of aromatic nitrogens is 1. The molecule has 3 aliphatic rings. The zero-order valence-electron chi connectivity index (χ0n) is 35.7. The second-order valence-corrected chi connectivity index (χ2v) is 16.9. The smallest absolute Gasteiger partial charge is 0.312 e. The van der Waals surface area contributed by atoms with Crippen molar-refractivity contribution in [2.75, 3.05) is 19.6 Å². The fourth-order valence-electron chi connectivity index (χ4n) is 8.92. The average molecular weight is 869 g/mol. The Labute approximate surface area is 366 Å². The molecule has 2 aromatic carbocycles. The van der Waals surface area contributed by atoms with Gasteiger partial charge in [0.05, 0.1) is 0 Å². The van der Waals surface area contributed by atoms with Crippen molar-refractivity contribution >= 4 is 58.3 Å². The van der Waals surface area contributed by atoms with Crippen molar-refractivity contribution in [1.29, 1.82) is 0 Å². The molecule has 9 amide bonds. The monoisotopic (exact) mass is 868 g/mol. The van der Waals surface area contributed by atoms with Crippen LogP contribution in [0.25, 0.3) is 10.9 Å². The lowest BCUT2D eigenvalue weighted by Crippen LogP contribution is -2.62. The van der Waals surface area contributed by atoms with Crippen molar-refractivity contribution in [3.63, 3.8) is 0 Å². The molecule has 1 aliphatic carbocycles. The van der Waals surface area contributed by atoms with Gasteiger partial charge in [0.1, 0.15) is 36.3 Å². The molecule has 10 N–H and O–H groups in total. The maximum absolute atomic E-state index is 14.6. The minimum atomic E-state index is -1.40. The summed E-state index contributed by atoms with van der Waals surface area (Å²) < 4.78 is 0. The number of primary amides is 1. The summed E-state index contributed by atoms with van der Waals surface area (Å²) in [5, 5.41) is 20.1. The predicted molar refractivity (Wildman–Crippen MR) is 233 cm³/mol. The maximum Gasteiger partial charge on any atom is 0.312 e. The number of para-hydroxylation sites is 1. The number of nitrogens with one attached hydrogen (secondary N) is 8. The van der Waals surface area contributed by atoms with Crippen molar-refractivity contribution in [1.82, 2.24) is 47.1 Å². The Morgan fingerprint density at radius 2 is 1.51 bits per heavy atom. The Hall–Kier alpha value is -6.46. The van der Waals surface area contributed by atoms with Crippen LogP contribution in [-0.2, 0) is 46.4 Å². The second kappa shape index (κ2) is 22.1. The molecular formula is C45H60N10O8. The van der Waals surface area contributed by atoms with Crippen LogP contribution in [0.2, 0.25) is 0 Å². The third-order valence-electron chi connectivity index (χ3n) is 12.2. The van der Waals surface area contributed by atoms with Crippen LogP contribution >= 0.6 is 0 Å². The molecule has 0 spiro atoms. The highest BCUT2D eigenvalue weighted by Crippen LogP contribution is 2.28. The van der Waals surface area contributed by atoms with Crippen LogP contribution in [0.3, 0.4) is 0 Å². The third kappa shape index (κ3) is 12.8. The maximum atomic E-state index is 14.6. The second-order valence-electron chi connectivity index (χ2n) is 16.9. The van der Waals surface area contributed by atoms with E-state index in [4.69, 9.17) is 5.73 Å². The summed E-state index contributed by atoms with van der Waals surface area (Å²) in [6, 6.07) is 8.82. The molecule has 2 aliphatic heterocycles. The highest BCUT2D eigenvalue weighted by atomic mass is 16.2. The van der Waals surface area contributed by atoms with Gasteiger partial charge in [-0.1, -0.05) is 80.6 Å². The predicted octanol–water partition coefficient (Wildman–Crippen LogP) is 0.937. The number of H-pyrrole nitrogens is 1. The molecule has 18 nitrogen and oxygen atoms in total. The van der Waals surface area contributed by atoms with Crippen LogP contribution in [0.4, 0.5) is 4.79 Å². The standard InChI is InChI=1S/C45H60N10O8/c1-27(56)50-34(22-28-12-4-2-5-13-28)40(58)54-37-26-49-39(57)33(18-10-20-47-45(46)63)51-42(60)36(24-30-25-48-32-17-9-8-16-31(30)32)52-41(59)35(23-29-14-6-3-7-15-29)53-43(61)38-19-11-21-55(38)44(37)62/h2,4-5,8-9,12-13,16-17,25,29,33-38,48H,3,6-7,10-11,14-15,18-24,26H2,1H3,(H,49,57)(H,50,56)(H,51,60)(H,52,59)(H,53,61)(H,54,58)(H3,46,47,63)/t33-,34+,35+,36+,37?,38?/m1/s1. The van der Waals surface area contributed by atoms with E-state index in [0.717, 1.165) is 54.1 Å². The highest BCUT2D eigenvalue weighted by Gasteiger charge is 2.41. The summed E-state index contributed by atoms with van der Waals surface area (Å²) >= 11 is 0. The minimum Gasteiger partial charge on any atom is -0.361 e. The van der Waals surface area contributed by atoms with Gasteiger partial charge >= 0.3 is 6.03 Å². The number of hydrogen-bond donors (Lipinski definition) is 9. The summed E-state index contributed by atoms with van der Waals surface area (Å²) in [6.07, 6.45) is 8.02. The Morgan fingerprint density at radius 1 is 0.810 bits per heavy atom. The van der Waals surface area contributed by atoms with E-state index in [0.29, 0.717) is 12.8 Å². The summed E-state index contributed by atoms with van der Waals surface area (Å²) in [5.74, 6) is -4.16. The van der Waals surface area contributed by atoms with Crippen LogP contribution < -0.4 is 43.0 Å². The number of benzene rings is 2. The van der Waals surface area contributed by atoms with Crippen LogP contribution in [-0.4, -0.2) is 113 Å². The molecule has 1 saturated carbocycles. The molecule has 63 heavy (non-hydrogen) atoms. The van der Waals surface area contributed by atoms with E-state index in [-0.39, 0.29) is 51.1 Å². The number of carbonyl (C=O) groups is 8. The van der Waals surface area contributed by atoms with Crippen molar-refractivity contribution in [2.45, 2.75) is 120 Å². The molecule has 1 aromatic heterocycles. The first-order valence-electron chi connectivity index (χ1n) is 22.0. The van der Waals surface area contributed by atoms with Gasteiger partial charge in [-0.15, -0.1) is 0 Å². The van der Waals surface area contributed by atoms with Gasteiger partial charge in [-0.05, 0) is 55.2 Å². The van der Waals surface area contributed by atoms with Gasteiger partial charge in [-0.2, -0.15) is 0 Å². The number of rotatable bonds is 13. The van der Waals surface area contributed by atoms with Crippen molar-refractivity contribution in [3.8, 4) is 0 Å². The van der Waals surface area contributed by atoms with E-state index in [2.05, 4.69) is 42.2 Å². The van der Waals surface area contributed by atoms with Gasteiger partial charge in [0.25, 0.3) is 0 Å². The number of nitrogens with zero attached hydrogens (tertiary/aromatic N) is 1. The van der Waals surface area contributed by atoms with Gasteiger partial charge < -0.3 is 52.8 Å². The molecular weight excluding hydrogens is 809 g/mol. The first kappa shape index (κ1) is 46.1. The Morgan fingerprint density at radius 3 is 2.25 bits per heavy atom. The Balaban J connectivity index is 1.34. The van der Waals surface area contributed by atoms with Crippen LogP contribution in [0.5, 0.6) is 0 Å². The fraction of sp³-hybridized carbons (Fsp3) is 0.511. The average Bonchev–Trinajstić information content (AvgIpc) is 3.93. The van der Waals surface area contributed by atoms with Gasteiger partial charge in [-0.25, -0.2) is 4.79 Å². The third-order valence-corrected chi connectivity index (χ3v) is 12.2. The topological polar surface area (TPSA) is 266 Å². The molecule has 0 radical (unpaired) electrons. The largest absolute Gasteiger partial charge is 0.361 e. The number of fused-ring (bicyclic) bond motifs is 2. The van der Waals surface area contributed by atoms with E-state index in [1.807, 2.05) is 30.3 Å². The molecule has 6 atom stereocenters. The SMILES string of the molecule is CC(=O)N[C@@H](Cc1ccccc1)C(=O)NC1CNC(=O)[C@@H](CCCNC(N)=O)NC(=O)[C@H](Cc2c[nH]c3ccccc23)NC(=O)[C@H](CC2CCCCC2)NC(=O)C2CCCN2C1=O. The van der Waals surface area contributed by atoms with Gasteiger partial charge in [0, 0.05) is 56.5 Å². The minimum absolute atomic E-state index is 0.0207. The van der Waals surface area contributed by atoms with E-state index in [9.17, 15) is 38.4 Å². The van der Waals surface area contributed by atoms with E-state index >= 15 is 0 Å². The summed E-state index contributed by atoms with van der Waals surface area (Å²) in [4.78, 5) is 114. The summed E-state index contributed by atoms with van der Waals surface area (Å²) in [7, 11) is 0. The van der Waals surface area contributed by atoms with E-state index in [1.165, 1.54) is 11.8 Å². The van der Waals surface area contributed by atoms with Crippen LogP contribution in [0.15, 0.2) is 60.8 Å². The molecule has 18 heteroatoms. The zero-order valence-corrected chi connectivity index (χ0v) is 35.7. The molecule has 3 aromatic rings. The Kier molecular flexibility index (Phi) is 16.1. The van der Waals surface area contributed by atoms with Gasteiger partial charge in [-0.3, -0.25) is 33.6 Å². The molecule has 338 valence electrons. The van der Waals surface area contributed by atoms with Gasteiger partial charge in [0.15, 0.2) is 0 Å². The molecule has 3 fully saturated rings. The normalized spacial score (nSPS) is 23.4. The first-order chi connectivity index (χ1) is 30.4. The van der Waals surface area contributed by atoms with E-state index in [1.54, 1.807) is 30.5 Å². The molecule has 2 unspecified atom stereocenters. The summed E-state index contributed by atoms with van der Waals surface area (Å²) in [6.45, 7) is 1.11. The Bertz CT molecular complexity index is 2120. The number of carbonyl (C=O) groups excluding carboxylic acids is 8. The van der Waals surface area contributed by atoms with Crippen molar-refractivity contribution < 1.29 is 38.4 Å². The number of aromatic amines is 1.